The van der Waals surface area contributed by atoms with Crippen LogP contribution in [0.3, 0.4) is 0 Å². The fourth-order valence-corrected chi connectivity index (χ4v) is 2.89. The molecule has 3 aromatic rings. The quantitative estimate of drug-likeness (QED) is 0.747. The van der Waals surface area contributed by atoms with Gasteiger partial charge in [0.15, 0.2) is 0 Å². The minimum absolute atomic E-state index is 0.0388. The normalized spacial score (nSPS) is 14.7. The van der Waals surface area contributed by atoms with Gasteiger partial charge in [0.2, 0.25) is 5.95 Å². The highest BCUT2D eigenvalue weighted by molar-refractivity contribution is 5.88. The number of hydrogen-bond donors (Lipinski definition) is 1. The smallest absolute Gasteiger partial charge is 0.415 e. The van der Waals surface area contributed by atoms with E-state index in [1.54, 1.807) is 12.3 Å². The number of hydrogen-bond acceptors (Lipinski definition) is 6. The Balaban J connectivity index is 1.47. The molecule has 7 nitrogen and oxygen atoms in total. The van der Waals surface area contributed by atoms with Crippen molar-refractivity contribution in [3.8, 4) is 11.3 Å². The lowest BCUT2D eigenvalue weighted by Crippen LogP contribution is -2.25. The SMILES string of the molecule is CC(Nc1nccc(N2CCOC2=O)n1)c1ccc(-c2ccccc2)nc1. The summed E-state index contributed by atoms with van der Waals surface area (Å²) in [5.41, 5.74) is 3.03. The maximum Gasteiger partial charge on any atom is 0.415 e. The molecule has 0 radical (unpaired) electrons. The highest BCUT2D eigenvalue weighted by Gasteiger charge is 2.25. The van der Waals surface area contributed by atoms with Crippen molar-refractivity contribution < 1.29 is 9.53 Å². The van der Waals surface area contributed by atoms with Gasteiger partial charge in [0, 0.05) is 18.0 Å². The molecule has 1 fully saturated rings. The fourth-order valence-electron chi connectivity index (χ4n) is 2.89. The molecule has 0 spiro atoms. The number of aromatic nitrogens is 3. The Labute approximate surface area is 157 Å². The Morgan fingerprint density at radius 2 is 1.96 bits per heavy atom. The minimum atomic E-state index is -0.381. The number of nitrogens with zero attached hydrogens (tertiary/aromatic N) is 4. The Bertz CT molecular complexity index is 931. The molecule has 0 bridgehead atoms. The van der Waals surface area contributed by atoms with E-state index in [0.29, 0.717) is 24.9 Å². The van der Waals surface area contributed by atoms with Crippen molar-refractivity contribution in [1.29, 1.82) is 0 Å². The van der Waals surface area contributed by atoms with Crippen LogP contribution >= 0.6 is 0 Å². The lowest BCUT2D eigenvalue weighted by molar-refractivity contribution is 0.181. The molecule has 0 saturated carbocycles. The van der Waals surface area contributed by atoms with E-state index in [1.165, 1.54) is 4.90 Å². The lowest BCUT2D eigenvalue weighted by atomic mass is 10.1. The molecular formula is C20H19N5O2. The van der Waals surface area contributed by atoms with E-state index in [0.717, 1.165) is 16.8 Å². The van der Waals surface area contributed by atoms with Crippen LogP contribution in [0.4, 0.5) is 16.6 Å². The van der Waals surface area contributed by atoms with Gasteiger partial charge in [-0.1, -0.05) is 36.4 Å². The number of cyclic esters (lactones) is 1. The Morgan fingerprint density at radius 1 is 1.11 bits per heavy atom. The predicted octanol–water partition coefficient (Wildman–Crippen LogP) is 3.67. The molecule has 1 atom stereocenters. The zero-order valence-corrected chi connectivity index (χ0v) is 14.9. The summed E-state index contributed by atoms with van der Waals surface area (Å²) in [7, 11) is 0. The third-order valence-electron chi connectivity index (χ3n) is 4.38. The maximum absolute atomic E-state index is 11.7. The van der Waals surface area contributed by atoms with Gasteiger partial charge in [-0.2, -0.15) is 4.98 Å². The molecule has 3 heterocycles. The second kappa shape index (κ2) is 7.41. The summed E-state index contributed by atoms with van der Waals surface area (Å²) in [5, 5.41) is 3.26. The molecule has 27 heavy (non-hydrogen) atoms. The van der Waals surface area contributed by atoms with Crippen LogP contribution in [0, 0.1) is 0 Å². The lowest BCUT2D eigenvalue weighted by Gasteiger charge is -2.16. The van der Waals surface area contributed by atoms with Crippen LogP contribution in [0.2, 0.25) is 0 Å². The second-order valence-electron chi connectivity index (χ2n) is 6.21. The summed E-state index contributed by atoms with van der Waals surface area (Å²) >= 11 is 0. The first-order valence-corrected chi connectivity index (χ1v) is 8.76. The van der Waals surface area contributed by atoms with Gasteiger partial charge in [-0.25, -0.2) is 9.78 Å². The number of carbonyl (C=O) groups excluding carboxylic acids is 1. The monoisotopic (exact) mass is 361 g/mol. The Kier molecular flexibility index (Phi) is 4.65. The van der Waals surface area contributed by atoms with Gasteiger partial charge in [-0.05, 0) is 24.6 Å². The minimum Gasteiger partial charge on any atom is -0.447 e. The van der Waals surface area contributed by atoms with Crippen LogP contribution in [0.5, 0.6) is 0 Å². The first-order valence-electron chi connectivity index (χ1n) is 8.76. The number of amides is 1. The third-order valence-corrected chi connectivity index (χ3v) is 4.38. The topological polar surface area (TPSA) is 80.2 Å². The zero-order valence-electron chi connectivity index (χ0n) is 14.9. The number of nitrogens with one attached hydrogen (secondary N) is 1. The average Bonchev–Trinajstić information content (AvgIpc) is 3.15. The number of pyridine rings is 1. The second-order valence-corrected chi connectivity index (χ2v) is 6.21. The highest BCUT2D eigenvalue weighted by atomic mass is 16.6. The molecule has 1 N–H and O–H groups in total. The van der Waals surface area contributed by atoms with Gasteiger partial charge in [0.05, 0.1) is 18.3 Å². The summed E-state index contributed by atoms with van der Waals surface area (Å²) in [6.45, 7) is 2.89. The Hall–Kier alpha value is -3.48. The standard InChI is InChI=1S/C20H19N5O2/c1-14(16-7-8-17(22-13-16)15-5-3-2-4-6-15)23-19-21-10-9-18(24-19)25-11-12-27-20(25)26/h2-10,13-14H,11-12H2,1H3,(H,21,23,24). The summed E-state index contributed by atoms with van der Waals surface area (Å²) in [6.07, 6.45) is 3.09. The van der Waals surface area contributed by atoms with Crippen molar-refractivity contribution in [2.45, 2.75) is 13.0 Å². The number of carbonyl (C=O) groups is 1. The molecule has 2 aromatic heterocycles. The molecule has 1 aromatic carbocycles. The summed E-state index contributed by atoms with van der Waals surface area (Å²) in [5.74, 6) is 0.978. The van der Waals surface area contributed by atoms with Gasteiger partial charge < -0.3 is 10.1 Å². The van der Waals surface area contributed by atoms with Crippen LogP contribution in [0.25, 0.3) is 11.3 Å². The third kappa shape index (κ3) is 3.72. The molecule has 4 rings (SSSR count). The van der Waals surface area contributed by atoms with Crippen molar-refractivity contribution in [3.63, 3.8) is 0 Å². The van der Waals surface area contributed by atoms with E-state index in [1.807, 2.05) is 55.6 Å². The van der Waals surface area contributed by atoms with Gasteiger partial charge in [-0.3, -0.25) is 9.88 Å². The van der Waals surface area contributed by atoms with Crippen LogP contribution in [0.15, 0.2) is 60.9 Å². The molecular weight excluding hydrogens is 342 g/mol. The van der Waals surface area contributed by atoms with Gasteiger partial charge >= 0.3 is 6.09 Å². The van der Waals surface area contributed by atoms with Crippen molar-refractivity contribution in [3.05, 3.63) is 66.5 Å². The van der Waals surface area contributed by atoms with E-state index >= 15 is 0 Å². The summed E-state index contributed by atoms with van der Waals surface area (Å²) < 4.78 is 4.96. The summed E-state index contributed by atoms with van der Waals surface area (Å²) in [6, 6.07) is 15.7. The molecule has 1 unspecified atom stereocenters. The highest BCUT2D eigenvalue weighted by Crippen LogP contribution is 2.22. The average molecular weight is 361 g/mol. The van der Waals surface area contributed by atoms with Crippen molar-refractivity contribution >= 4 is 17.9 Å². The van der Waals surface area contributed by atoms with Crippen molar-refractivity contribution in [2.75, 3.05) is 23.4 Å². The summed E-state index contributed by atoms with van der Waals surface area (Å²) in [4.78, 5) is 26.4. The molecule has 1 aliphatic rings. The van der Waals surface area contributed by atoms with Gasteiger partial charge in [0.25, 0.3) is 0 Å². The Morgan fingerprint density at radius 3 is 2.67 bits per heavy atom. The molecule has 1 aliphatic heterocycles. The van der Waals surface area contributed by atoms with E-state index in [4.69, 9.17) is 4.74 Å². The molecule has 1 amide bonds. The number of ether oxygens (including phenoxy) is 1. The number of rotatable bonds is 5. The largest absolute Gasteiger partial charge is 0.447 e. The maximum atomic E-state index is 11.7. The molecule has 136 valence electrons. The van der Waals surface area contributed by atoms with E-state index in [-0.39, 0.29) is 12.1 Å². The van der Waals surface area contributed by atoms with Crippen LogP contribution in [0.1, 0.15) is 18.5 Å². The van der Waals surface area contributed by atoms with Gasteiger partial charge in [-0.15, -0.1) is 0 Å². The zero-order chi connectivity index (χ0) is 18.6. The first kappa shape index (κ1) is 17.0. The van der Waals surface area contributed by atoms with E-state index in [2.05, 4.69) is 20.3 Å². The first-order chi connectivity index (χ1) is 13.2. The fraction of sp³-hybridized carbons (Fsp3) is 0.200. The van der Waals surface area contributed by atoms with Crippen LogP contribution in [-0.4, -0.2) is 34.2 Å². The molecule has 1 saturated heterocycles. The predicted molar refractivity (Wildman–Crippen MR) is 102 cm³/mol. The van der Waals surface area contributed by atoms with Crippen LogP contribution in [-0.2, 0) is 4.74 Å². The van der Waals surface area contributed by atoms with Gasteiger partial charge in [0.1, 0.15) is 12.4 Å². The van der Waals surface area contributed by atoms with Crippen molar-refractivity contribution in [2.24, 2.45) is 0 Å². The van der Waals surface area contributed by atoms with Crippen molar-refractivity contribution in [1.82, 2.24) is 15.0 Å². The number of benzene rings is 1. The van der Waals surface area contributed by atoms with E-state index < -0.39 is 0 Å². The molecule has 0 aliphatic carbocycles. The van der Waals surface area contributed by atoms with E-state index in [9.17, 15) is 4.79 Å². The molecule has 7 heteroatoms. The van der Waals surface area contributed by atoms with Crippen LogP contribution < -0.4 is 10.2 Å². The number of anilines is 2.